The van der Waals surface area contributed by atoms with E-state index < -0.39 is 8.07 Å². The van der Waals surface area contributed by atoms with E-state index >= 15 is 0 Å². The number of thioether (sulfide) groups is 1. The van der Waals surface area contributed by atoms with Crippen LogP contribution in [-0.4, -0.2) is 24.3 Å². The fourth-order valence-electron chi connectivity index (χ4n) is 12.4. The van der Waals surface area contributed by atoms with Crippen molar-refractivity contribution in [3.63, 3.8) is 0 Å². The van der Waals surface area contributed by atoms with E-state index in [1.807, 2.05) is 18.0 Å². The molecule has 0 N–H and O–H groups in total. The van der Waals surface area contributed by atoms with Crippen molar-refractivity contribution in [1.29, 1.82) is 0 Å². The van der Waals surface area contributed by atoms with Crippen LogP contribution in [0.4, 0.5) is 22.7 Å². The first-order chi connectivity index (χ1) is 35.7. The number of hydrogen-bond acceptors (Lipinski definition) is 4. The van der Waals surface area contributed by atoms with Crippen LogP contribution < -0.4 is 41.0 Å². The van der Waals surface area contributed by atoms with Gasteiger partial charge in [0.2, 0.25) is 0 Å². The van der Waals surface area contributed by atoms with Crippen molar-refractivity contribution in [3.8, 4) is 22.3 Å². The fraction of sp³-hybridized carbons (Fsp3) is 0.0597. The summed E-state index contributed by atoms with van der Waals surface area (Å²) in [6.07, 6.45) is 10.6. The maximum absolute atomic E-state index is 4.89. The first-order valence-corrected chi connectivity index (χ1v) is 28.0. The van der Waals surface area contributed by atoms with Gasteiger partial charge >= 0.3 is 0 Å². The number of aromatic nitrogens is 1. The van der Waals surface area contributed by atoms with Crippen LogP contribution in [0.25, 0.3) is 39.6 Å². The third kappa shape index (κ3) is 6.83. The molecule has 1 aromatic heterocycles. The first-order valence-electron chi connectivity index (χ1n) is 25.1. The summed E-state index contributed by atoms with van der Waals surface area (Å²) in [7, 11) is -3.00. The zero-order chi connectivity index (χ0) is 47.6. The second kappa shape index (κ2) is 17.6. The molecule has 72 heavy (non-hydrogen) atoms. The Kier molecular flexibility index (Phi) is 10.4. The van der Waals surface area contributed by atoms with Crippen molar-refractivity contribution in [2.24, 2.45) is 0 Å². The SMILES string of the molecule is C1=CC(N(c2ccc(-c3ccccc3)cc2)c2ccc3c(c2)-c2c(N(C4=c5ccccc5=C5c6ccccc6SC5C4)c4ccccc4)cccc2[Si]3(c2ccccc2)c2cccnc2)Cc2ccccc21. The number of hydrogen-bond donors (Lipinski definition) is 0. The van der Waals surface area contributed by atoms with Crippen LogP contribution in [0.2, 0.25) is 0 Å². The highest BCUT2D eigenvalue weighted by Gasteiger charge is 2.50. The Balaban J connectivity index is 1.04. The lowest BCUT2D eigenvalue weighted by Crippen LogP contribution is -2.72. The minimum Gasteiger partial charge on any atom is -0.334 e. The van der Waals surface area contributed by atoms with Crippen molar-refractivity contribution < 1.29 is 0 Å². The van der Waals surface area contributed by atoms with Crippen molar-refractivity contribution >= 4 is 80.7 Å². The minimum atomic E-state index is -3.00. The number of benzene rings is 9. The van der Waals surface area contributed by atoms with E-state index in [0.29, 0.717) is 0 Å². The maximum atomic E-state index is 4.89. The van der Waals surface area contributed by atoms with Gasteiger partial charge in [0, 0.05) is 62.5 Å². The Morgan fingerprint density at radius 3 is 2.01 bits per heavy atom. The third-order valence-corrected chi connectivity index (χ3v) is 21.6. The fourth-order valence-corrected chi connectivity index (χ4v) is 18.9. The smallest absolute Gasteiger partial charge is 0.182 e. The summed E-state index contributed by atoms with van der Waals surface area (Å²) in [6, 6.07) is 88.6. The van der Waals surface area contributed by atoms with Gasteiger partial charge in [0.25, 0.3) is 0 Å². The Morgan fingerprint density at radius 1 is 0.500 bits per heavy atom. The number of nitrogens with zero attached hydrogens (tertiary/aromatic N) is 3. The molecule has 9 aromatic carbocycles. The van der Waals surface area contributed by atoms with Gasteiger partial charge in [-0.2, -0.15) is 0 Å². The Hall–Kier alpha value is -8.22. The molecule has 0 fully saturated rings. The molecule has 2 aliphatic carbocycles. The zero-order valence-corrected chi connectivity index (χ0v) is 41.5. The lowest BCUT2D eigenvalue weighted by molar-refractivity contribution is 0.767. The molecule has 0 saturated carbocycles. The molecule has 5 heteroatoms. The molecule has 4 aliphatic rings. The summed E-state index contributed by atoms with van der Waals surface area (Å²) < 4.78 is 0. The molecule has 3 heterocycles. The van der Waals surface area contributed by atoms with Crippen LogP contribution in [0.5, 0.6) is 0 Å². The average molecular weight is 956 g/mol. The largest absolute Gasteiger partial charge is 0.334 e. The van der Waals surface area contributed by atoms with Gasteiger partial charge in [-0.1, -0.05) is 194 Å². The first kappa shape index (κ1) is 42.6. The second-order valence-corrected chi connectivity index (χ2v) is 24.3. The van der Waals surface area contributed by atoms with Crippen LogP contribution in [0.3, 0.4) is 0 Å². The summed E-state index contributed by atoms with van der Waals surface area (Å²) in [6.45, 7) is 0. The van der Waals surface area contributed by atoms with E-state index in [2.05, 4.69) is 265 Å². The van der Waals surface area contributed by atoms with Gasteiger partial charge in [-0.05, 0) is 126 Å². The summed E-state index contributed by atoms with van der Waals surface area (Å²) in [5, 5.41) is 8.32. The molecule has 0 spiro atoms. The average Bonchev–Trinajstić information content (AvgIpc) is 3.98. The third-order valence-electron chi connectivity index (χ3n) is 15.5. The van der Waals surface area contributed by atoms with Gasteiger partial charge in [-0.3, -0.25) is 4.98 Å². The second-order valence-electron chi connectivity index (χ2n) is 19.3. The topological polar surface area (TPSA) is 19.4 Å². The molecule has 14 rings (SSSR count). The van der Waals surface area contributed by atoms with E-state index in [4.69, 9.17) is 4.98 Å². The summed E-state index contributed by atoms with van der Waals surface area (Å²) in [4.78, 5) is 11.5. The predicted molar refractivity (Wildman–Crippen MR) is 305 cm³/mol. The van der Waals surface area contributed by atoms with Crippen LogP contribution in [0.15, 0.2) is 260 Å². The molecular weight excluding hydrogens is 907 g/mol. The molecule has 0 amide bonds. The van der Waals surface area contributed by atoms with Gasteiger partial charge in [0.1, 0.15) is 0 Å². The van der Waals surface area contributed by atoms with Gasteiger partial charge in [0.05, 0.1) is 11.7 Å². The van der Waals surface area contributed by atoms with E-state index in [0.717, 1.165) is 24.2 Å². The van der Waals surface area contributed by atoms with Gasteiger partial charge < -0.3 is 9.80 Å². The monoisotopic (exact) mass is 955 g/mol. The molecule has 0 radical (unpaired) electrons. The van der Waals surface area contributed by atoms with Crippen molar-refractivity contribution in [2.45, 2.75) is 29.0 Å². The predicted octanol–water partition coefficient (Wildman–Crippen LogP) is 11.9. The van der Waals surface area contributed by atoms with Crippen LogP contribution >= 0.6 is 11.8 Å². The van der Waals surface area contributed by atoms with Gasteiger partial charge in [-0.15, -0.1) is 11.8 Å². The van der Waals surface area contributed by atoms with Crippen molar-refractivity contribution in [3.05, 3.63) is 282 Å². The van der Waals surface area contributed by atoms with E-state index in [-0.39, 0.29) is 11.3 Å². The number of rotatable bonds is 9. The molecule has 2 aliphatic heterocycles. The number of anilines is 4. The van der Waals surface area contributed by atoms with E-state index in [1.165, 1.54) is 97.7 Å². The van der Waals surface area contributed by atoms with Crippen LogP contribution in [-0.2, 0) is 6.42 Å². The number of fused-ring (bicyclic) bond motifs is 8. The quantitative estimate of drug-likeness (QED) is 0.134. The molecule has 342 valence electrons. The molecule has 3 atom stereocenters. The highest BCUT2D eigenvalue weighted by atomic mass is 32.2. The summed E-state index contributed by atoms with van der Waals surface area (Å²) in [5.41, 5.74) is 16.5. The van der Waals surface area contributed by atoms with Gasteiger partial charge in [-0.25, -0.2) is 0 Å². The number of pyridine rings is 1. The Morgan fingerprint density at radius 2 is 1.19 bits per heavy atom. The number of para-hydroxylation sites is 1. The molecule has 0 bridgehead atoms. The van der Waals surface area contributed by atoms with Crippen molar-refractivity contribution in [2.75, 3.05) is 9.80 Å². The Bertz CT molecular complexity index is 3820. The van der Waals surface area contributed by atoms with Crippen molar-refractivity contribution in [1.82, 2.24) is 4.98 Å². The van der Waals surface area contributed by atoms with E-state index in [1.54, 1.807) is 0 Å². The normalized spacial score (nSPS) is 17.8. The highest BCUT2D eigenvalue weighted by Crippen LogP contribution is 2.50. The molecule has 3 nitrogen and oxygen atoms in total. The highest BCUT2D eigenvalue weighted by molar-refractivity contribution is 8.00. The molecule has 3 unspecified atom stereocenters. The van der Waals surface area contributed by atoms with Crippen LogP contribution in [0.1, 0.15) is 23.1 Å². The summed E-state index contributed by atoms with van der Waals surface area (Å²) in [5.74, 6) is 0. The standard InChI is InChI=1S/C67H49N3SSi/c1-4-18-46(19-5-1)48-33-36-51(37-34-48)69(52-38-35-47-20-10-11-21-49(47)42-52)53-39-40-64-59(43-53)67-60(30-16-32-65(67)72(64,54-24-8-3-9-25-54)55-26-17-41-68-45-55)70(50-22-6-2-7-23-50)61-44-63-66(57-28-13-12-27-56(57)61)58-29-14-15-31-62(58)71-63/h1-41,43,45,52,63H,42,44H2. The maximum Gasteiger partial charge on any atom is 0.182 e. The van der Waals surface area contributed by atoms with E-state index in [9.17, 15) is 0 Å². The zero-order valence-electron chi connectivity index (χ0n) is 39.6. The lowest BCUT2D eigenvalue weighted by Gasteiger charge is -2.35. The minimum absolute atomic E-state index is 0.0830. The summed E-state index contributed by atoms with van der Waals surface area (Å²) >= 11 is 2.02. The molecular formula is C67H49N3SSi. The Labute approximate surface area is 426 Å². The van der Waals surface area contributed by atoms with Crippen LogP contribution in [0, 0.1) is 0 Å². The lowest BCUT2D eigenvalue weighted by atomic mass is 9.90. The molecule has 10 aromatic rings. The van der Waals surface area contributed by atoms with Gasteiger partial charge in [0.15, 0.2) is 8.07 Å². The molecule has 0 saturated heterocycles.